The van der Waals surface area contributed by atoms with E-state index >= 15 is 0 Å². The van der Waals surface area contributed by atoms with E-state index in [4.69, 9.17) is 0 Å². The Hall–Kier alpha value is -3.41. The van der Waals surface area contributed by atoms with Crippen molar-refractivity contribution >= 4 is 27.6 Å². The molecule has 0 unspecified atom stereocenters. The normalized spacial score (nSPS) is 11.5. The summed E-state index contributed by atoms with van der Waals surface area (Å²) in [6.07, 6.45) is -2.72. The van der Waals surface area contributed by atoms with Crippen LogP contribution < -0.4 is 10.0 Å². The molecule has 0 aliphatic carbocycles. The Morgan fingerprint density at radius 2 is 1.68 bits per heavy atom. The van der Waals surface area contributed by atoms with Crippen molar-refractivity contribution in [2.75, 3.05) is 10.0 Å². The van der Waals surface area contributed by atoms with Gasteiger partial charge in [0.2, 0.25) is 11.9 Å². The van der Waals surface area contributed by atoms with Crippen LogP contribution in [0.1, 0.15) is 29.2 Å². The van der Waals surface area contributed by atoms with Crippen molar-refractivity contribution < 1.29 is 22.0 Å². The van der Waals surface area contributed by atoms with Crippen molar-refractivity contribution in [3.8, 4) is 0 Å². The molecular formula is C19H20F2N6O3S. The van der Waals surface area contributed by atoms with Crippen molar-refractivity contribution in [2.45, 2.75) is 38.6 Å². The zero-order chi connectivity index (χ0) is 22.8. The molecule has 31 heavy (non-hydrogen) atoms. The summed E-state index contributed by atoms with van der Waals surface area (Å²) in [5.41, 5.74) is 1.60. The number of sulfonamides is 1. The largest absolute Gasteiger partial charge is 0.324 e. The number of nitrogens with one attached hydrogen (secondary N) is 2. The number of nitrogens with zero attached hydrogens (tertiary/aromatic N) is 4. The van der Waals surface area contributed by atoms with E-state index in [1.807, 2.05) is 0 Å². The first-order valence-corrected chi connectivity index (χ1v) is 10.6. The van der Waals surface area contributed by atoms with Gasteiger partial charge in [0.15, 0.2) is 0 Å². The van der Waals surface area contributed by atoms with Crippen LogP contribution in [0.2, 0.25) is 0 Å². The van der Waals surface area contributed by atoms with E-state index in [0.29, 0.717) is 22.8 Å². The maximum Gasteiger partial charge on any atom is 0.282 e. The quantitative estimate of drug-likeness (QED) is 0.571. The van der Waals surface area contributed by atoms with Gasteiger partial charge >= 0.3 is 0 Å². The van der Waals surface area contributed by atoms with Crippen LogP contribution >= 0.6 is 0 Å². The number of carbonyl (C=O) groups excluding carboxylic acids is 1. The van der Waals surface area contributed by atoms with Gasteiger partial charge < -0.3 is 5.32 Å². The third-order valence-corrected chi connectivity index (χ3v) is 5.52. The predicted octanol–water partition coefficient (Wildman–Crippen LogP) is 2.98. The number of benzene rings is 1. The highest BCUT2D eigenvalue weighted by Gasteiger charge is 2.17. The van der Waals surface area contributed by atoms with E-state index in [9.17, 15) is 22.0 Å². The molecule has 164 valence electrons. The molecule has 0 bridgehead atoms. The standard InChI is InChI=1S/C19H20F2N6O3S/c1-11-8-12(2)23-19(22-11)26-31(29,30)15-6-4-14(5-7-15)24-17(28)10-27-13(3)9-16(25-27)18(20)21/h4-9,18H,10H2,1-3H3,(H,24,28)(H,22,23,26). The third-order valence-electron chi connectivity index (χ3n) is 4.17. The summed E-state index contributed by atoms with van der Waals surface area (Å²) in [5.74, 6) is -0.531. The summed E-state index contributed by atoms with van der Waals surface area (Å²) >= 11 is 0. The van der Waals surface area contributed by atoms with Crippen LogP contribution in [0.3, 0.4) is 0 Å². The maximum absolute atomic E-state index is 12.7. The summed E-state index contributed by atoms with van der Waals surface area (Å²) in [6, 6.07) is 8.38. The summed E-state index contributed by atoms with van der Waals surface area (Å²) < 4.78 is 54.0. The minimum Gasteiger partial charge on any atom is -0.324 e. The highest BCUT2D eigenvalue weighted by molar-refractivity contribution is 7.92. The van der Waals surface area contributed by atoms with Gasteiger partial charge in [0, 0.05) is 22.8 Å². The fraction of sp³-hybridized carbons (Fsp3) is 0.263. The molecule has 12 heteroatoms. The Kier molecular flexibility index (Phi) is 6.29. The first-order chi connectivity index (χ1) is 14.5. The van der Waals surface area contributed by atoms with Crippen molar-refractivity contribution in [3.05, 3.63) is 59.2 Å². The summed E-state index contributed by atoms with van der Waals surface area (Å²) in [5, 5.41) is 6.27. The fourth-order valence-electron chi connectivity index (χ4n) is 2.81. The predicted molar refractivity (Wildman–Crippen MR) is 109 cm³/mol. The lowest BCUT2D eigenvalue weighted by molar-refractivity contribution is -0.117. The molecule has 1 aromatic carbocycles. The Bertz CT molecular complexity index is 1190. The number of amides is 1. The SMILES string of the molecule is Cc1cc(C)nc(NS(=O)(=O)c2ccc(NC(=O)Cn3nc(C(F)F)cc3C)cc2)n1. The number of hydrogen-bond donors (Lipinski definition) is 2. The molecule has 2 aromatic heterocycles. The number of anilines is 2. The number of alkyl halides is 2. The highest BCUT2D eigenvalue weighted by atomic mass is 32.2. The Morgan fingerprint density at radius 3 is 2.23 bits per heavy atom. The van der Waals surface area contributed by atoms with Crippen LogP contribution in [0.15, 0.2) is 41.3 Å². The van der Waals surface area contributed by atoms with Crippen molar-refractivity contribution in [1.82, 2.24) is 19.7 Å². The monoisotopic (exact) mass is 450 g/mol. The summed E-state index contributed by atoms with van der Waals surface area (Å²) in [7, 11) is -3.92. The molecule has 0 saturated carbocycles. The van der Waals surface area contributed by atoms with E-state index < -0.39 is 28.0 Å². The lowest BCUT2D eigenvalue weighted by Crippen LogP contribution is -2.20. The van der Waals surface area contributed by atoms with Crippen molar-refractivity contribution in [1.29, 1.82) is 0 Å². The first-order valence-electron chi connectivity index (χ1n) is 9.11. The molecule has 2 N–H and O–H groups in total. The van der Waals surface area contributed by atoms with E-state index in [2.05, 4.69) is 25.1 Å². The zero-order valence-electron chi connectivity index (χ0n) is 16.9. The molecule has 0 saturated heterocycles. The Balaban J connectivity index is 1.67. The van der Waals surface area contributed by atoms with Crippen LogP contribution in [0.4, 0.5) is 20.4 Å². The van der Waals surface area contributed by atoms with Crippen molar-refractivity contribution in [3.63, 3.8) is 0 Å². The van der Waals surface area contributed by atoms with Gasteiger partial charge in [0.25, 0.3) is 16.4 Å². The van der Waals surface area contributed by atoms with Crippen molar-refractivity contribution in [2.24, 2.45) is 0 Å². The van der Waals surface area contributed by atoms with Gasteiger partial charge in [-0.3, -0.25) is 9.48 Å². The molecule has 0 atom stereocenters. The molecule has 0 spiro atoms. The van der Waals surface area contributed by atoms with Gasteiger partial charge in [-0.1, -0.05) is 0 Å². The first kappa shape index (κ1) is 22.3. The van der Waals surface area contributed by atoms with Gasteiger partial charge in [-0.2, -0.15) is 5.10 Å². The average molecular weight is 450 g/mol. The van der Waals surface area contributed by atoms with E-state index in [0.717, 1.165) is 0 Å². The second-order valence-electron chi connectivity index (χ2n) is 6.82. The topological polar surface area (TPSA) is 119 Å². The minimum absolute atomic E-state index is 0.0346. The van der Waals surface area contributed by atoms with Gasteiger partial charge in [-0.15, -0.1) is 0 Å². The number of hydrogen-bond acceptors (Lipinski definition) is 6. The van der Waals surface area contributed by atoms with Gasteiger partial charge in [-0.25, -0.2) is 31.9 Å². The van der Waals surface area contributed by atoms with Crippen LogP contribution in [0.25, 0.3) is 0 Å². The lowest BCUT2D eigenvalue weighted by atomic mass is 10.3. The van der Waals surface area contributed by atoms with Gasteiger partial charge in [-0.05, 0) is 57.2 Å². The second kappa shape index (κ2) is 8.76. The van der Waals surface area contributed by atoms with Gasteiger partial charge in [0.05, 0.1) is 4.90 Å². The number of carbonyl (C=O) groups is 1. The van der Waals surface area contributed by atoms with Gasteiger partial charge in [0.1, 0.15) is 12.2 Å². The number of rotatable bonds is 7. The van der Waals surface area contributed by atoms with E-state index in [-0.39, 0.29) is 17.4 Å². The lowest BCUT2D eigenvalue weighted by Gasteiger charge is -2.10. The van der Waals surface area contributed by atoms with E-state index in [1.54, 1.807) is 26.8 Å². The molecule has 9 nitrogen and oxygen atoms in total. The number of aryl methyl sites for hydroxylation is 3. The molecule has 0 aliphatic heterocycles. The summed E-state index contributed by atoms with van der Waals surface area (Å²) in [6.45, 7) is 4.76. The molecule has 3 aromatic rings. The van der Waals surface area contributed by atoms with Crippen LogP contribution in [-0.4, -0.2) is 34.1 Å². The van der Waals surface area contributed by atoms with Crippen LogP contribution in [-0.2, 0) is 21.4 Å². The second-order valence-corrected chi connectivity index (χ2v) is 8.50. The molecule has 3 rings (SSSR count). The summed E-state index contributed by atoms with van der Waals surface area (Å²) in [4.78, 5) is 20.2. The number of aromatic nitrogens is 4. The molecular weight excluding hydrogens is 430 g/mol. The molecule has 0 radical (unpaired) electrons. The Labute approximate surface area is 177 Å². The smallest absolute Gasteiger partial charge is 0.282 e. The maximum atomic E-state index is 12.7. The third kappa shape index (κ3) is 5.60. The molecule has 2 heterocycles. The molecule has 1 amide bonds. The fourth-order valence-corrected chi connectivity index (χ4v) is 3.75. The highest BCUT2D eigenvalue weighted by Crippen LogP contribution is 2.19. The molecule has 0 fully saturated rings. The number of halogens is 2. The zero-order valence-corrected chi connectivity index (χ0v) is 17.7. The van der Waals surface area contributed by atoms with E-state index in [1.165, 1.54) is 35.0 Å². The van der Waals surface area contributed by atoms with Crippen LogP contribution in [0.5, 0.6) is 0 Å². The Morgan fingerprint density at radius 1 is 1.06 bits per heavy atom. The molecule has 0 aliphatic rings. The minimum atomic E-state index is -3.92. The average Bonchev–Trinajstić information content (AvgIpc) is 3.01. The van der Waals surface area contributed by atoms with Crippen LogP contribution in [0, 0.1) is 20.8 Å².